The van der Waals surface area contributed by atoms with Crippen LogP contribution >= 0.6 is 0 Å². The Hall–Kier alpha value is -5.81. The summed E-state index contributed by atoms with van der Waals surface area (Å²) in [5.74, 6) is -1.14. The van der Waals surface area contributed by atoms with Crippen LogP contribution in [0.5, 0.6) is 34.8 Å². The average Bonchev–Trinajstić information content (AvgIpc) is 3.43. The predicted octanol–water partition coefficient (Wildman–Crippen LogP) is 4.15. The highest BCUT2D eigenvalue weighted by molar-refractivity contribution is 5.97. The van der Waals surface area contributed by atoms with Gasteiger partial charge in [-0.05, 0) is 35.9 Å². The summed E-state index contributed by atoms with van der Waals surface area (Å²) >= 11 is 0. The monoisotopic (exact) mass is 542 g/mol. The molecule has 1 spiro atoms. The van der Waals surface area contributed by atoms with Crippen LogP contribution in [0.15, 0.2) is 77.9 Å². The zero-order chi connectivity index (χ0) is 27.9. The van der Waals surface area contributed by atoms with Crippen LogP contribution < -0.4 is 19.0 Å². The second kappa shape index (κ2) is 9.49. The lowest BCUT2D eigenvalue weighted by Gasteiger charge is -2.36. The first kappa shape index (κ1) is 24.5. The number of carbonyl (C=O) groups excluding carboxylic acids is 2. The molecular weight excluding hydrogens is 524 g/mol. The van der Waals surface area contributed by atoms with Gasteiger partial charge in [0.25, 0.3) is 0 Å². The third-order valence-electron chi connectivity index (χ3n) is 6.36. The van der Waals surface area contributed by atoms with E-state index >= 15 is 0 Å². The zero-order valence-electron chi connectivity index (χ0n) is 20.4. The van der Waals surface area contributed by atoms with E-state index in [1.54, 1.807) is 54.6 Å². The molecule has 2 N–H and O–H groups in total. The highest BCUT2D eigenvalue weighted by atomic mass is 16.7. The smallest absolute Gasteiger partial charge is 0.370 e. The van der Waals surface area contributed by atoms with E-state index in [1.165, 1.54) is 6.07 Å². The van der Waals surface area contributed by atoms with Crippen LogP contribution in [0.25, 0.3) is 10.4 Å². The minimum atomic E-state index is -1.33. The van der Waals surface area contributed by atoms with Crippen LogP contribution in [0.1, 0.15) is 27.0 Å². The van der Waals surface area contributed by atoms with E-state index in [-0.39, 0.29) is 18.2 Å². The molecule has 0 saturated carbocycles. The molecule has 1 atom stereocenters. The molecule has 2 aliphatic heterocycles. The zero-order valence-corrected chi connectivity index (χ0v) is 20.4. The van der Waals surface area contributed by atoms with Gasteiger partial charge in [-0.25, -0.2) is 9.59 Å². The van der Waals surface area contributed by atoms with Crippen molar-refractivity contribution in [2.24, 2.45) is 5.11 Å². The largest absolute Gasteiger partial charge is 0.492 e. The first-order chi connectivity index (χ1) is 19.4. The summed E-state index contributed by atoms with van der Waals surface area (Å²) in [5.41, 5.74) is 9.31. The van der Waals surface area contributed by atoms with Crippen molar-refractivity contribution >= 4 is 11.9 Å². The van der Waals surface area contributed by atoms with Crippen LogP contribution in [0.4, 0.5) is 0 Å². The van der Waals surface area contributed by atoms with E-state index in [2.05, 4.69) is 10.0 Å². The van der Waals surface area contributed by atoms with Crippen LogP contribution in [-0.2, 0) is 15.1 Å². The normalized spacial score (nSPS) is 16.1. The molecule has 2 aliphatic rings. The molecule has 0 amide bonds. The molecule has 4 aromatic rings. The maximum atomic E-state index is 13.0. The molecule has 3 heterocycles. The molecule has 0 aliphatic carbocycles. The van der Waals surface area contributed by atoms with Gasteiger partial charge in [0.1, 0.15) is 23.0 Å². The number of esters is 1. The fourth-order valence-corrected chi connectivity index (χ4v) is 4.71. The third kappa shape index (κ3) is 3.94. The average molecular weight is 542 g/mol. The molecular formula is C27H18N4O9. The van der Waals surface area contributed by atoms with Crippen LogP contribution in [-0.4, -0.2) is 40.2 Å². The van der Waals surface area contributed by atoms with Crippen molar-refractivity contribution in [2.45, 2.75) is 5.60 Å². The van der Waals surface area contributed by atoms with Gasteiger partial charge >= 0.3 is 11.9 Å². The fraction of sp³-hybridized carbons (Fsp3) is 0.111. The van der Waals surface area contributed by atoms with Crippen molar-refractivity contribution in [1.82, 2.24) is 4.73 Å². The van der Waals surface area contributed by atoms with E-state index in [0.29, 0.717) is 38.5 Å². The van der Waals surface area contributed by atoms with Gasteiger partial charge in [-0.1, -0.05) is 23.3 Å². The van der Waals surface area contributed by atoms with Crippen LogP contribution in [0, 0.1) is 0 Å². The van der Waals surface area contributed by atoms with Gasteiger partial charge in [-0.2, -0.15) is 0 Å². The van der Waals surface area contributed by atoms with Gasteiger partial charge in [0, 0.05) is 45.9 Å². The Kier molecular flexibility index (Phi) is 5.82. The molecule has 13 heteroatoms. The van der Waals surface area contributed by atoms with Gasteiger partial charge in [-0.15, -0.1) is 4.73 Å². The highest BCUT2D eigenvalue weighted by Crippen LogP contribution is 2.57. The van der Waals surface area contributed by atoms with Crippen molar-refractivity contribution in [1.29, 1.82) is 0 Å². The SMILES string of the molecule is [N-]=[N+]=NCOc1ccc2c(c1)Oc1cc(OCC(=O)On3c(O)ccc3O)ccc1C21OC(=O)c2ccccc21. The van der Waals surface area contributed by atoms with E-state index < -0.39 is 35.9 Å². The van der Waals surface area contributed by atoms with Crippen LogP contribution in [0.3, 0.4) is 0 Å². The number of azide groups is 1. The number of aromatic nitrogens is 1. The van der Waals surface area contributed by atoms with E-state index in [0.717, 1.165) is 12.1 Å². The Morgan fingerprint density at radius 3 is 2.25 bits per heavy atom. The van der Waals surface area contributed by atoms with Gasteiger partial charge in [0.15, 0.2) is 18.9 Å². The van der Waals surface area contributed by atoms with Crippen molar-refractivity contribution in [2.75, 3.05) is 13.3 Å². The number of hydrogen-bond acceptors (Lipinski definition) is 10. The van der Waals surface area contributed by atoms with E-state index in [4.69, 9.17) is 29.3 Å². The Morgan fingerprint density at radius 2 is 1.57 bits per heavy atom. The second-order valence-corrected chi connectivity index (χ2v) is 8.63. The molecule has 3 aromatic carbocycles. The fourth-order valence-electron chi connectivity index (χ4n) is 4.71. The molecule has 0 fully saturated rings. The Labute approximate surface area is 224 Å². The molecule has 13 nitrogen and oxygen atoms in total. The summed E-state index contributed by atoms with van der Waals surface area (Å²) in [6, 6.07) is 19.1. The number of ether oxygens (including phenoxy) is 4. The molecule has 1 aromatic heterocycles. The molecule has 200 valence electrons. The summed E-state index contributed by atoms with van der Waals surface area (Å²) in [7, 11) is 0. The molecule has 40 heavy (non-hydrogen) atoms. The summed E-state index contributed by atoms with van der Waals surface area (Å²) in [6.07, 6.45) is 0. The molecule has 6 rings (SSSR count). The Morgan fingerprint density at radius 1 is 0.925 bits per heavy atom. The quantitative estimate of drug-likeness (QED) is 0.150. The Balaban J connectivity index is 1.35. The van der Waals surface area contributed by atoms with Crippen molar-refractivity contribution < 1.29 is 43.6 Å². The summed E-state index contributed by atoms with van der Waals surface area (Å²) in [5, 5.41) is 22.7. The number of rotatable bonds is 7. The van der Waals surface area contributed by atoms with Gasteiger partial charge in [0.2, 0.25) is 11.8 Å². The number of nitrogens with zero attached hydrogens (tertiary/aromatic N) is 4. The van der Waals surface area contributed by atoms with Crippen LogP contribution in [0.2, 0.25) is 0 Å². The first-order valence-corrected chi connectivity index (χ1v) is 11.8. The predicted molar refractivity (Wildman–Crippen MR) is 134 cm³/mol. The van der Waals surface area contributed by atoms with Gasteiger partial charge in [0.05, 0.1) is 5.56 Å². The number of aromatic hydroxyl groups is 2. The van der Waals surface area contributed by atoms with Crippen molar-refractivity contribution in [3.05, 3.63) is 105 Å². The Bertz CT molecular complexity index is 1710. The molecule has 1 unspecified atom stereocenters. The van der Waals surface area contributed by atoms with Crippen molar-refractivity contribution in [3.8, 4) is 34.8 Å². The molecule has 0 saturated heterocycles. The minimum Gasteiger partial charge on any atom is -0.492 e. The summed E-state index contributed by atoms with van der Waals surface area (Å²) in [6.45, 7) is -0.797. The maximum absolute atomic E-state index is 13.0. The number of benzene rings is 3. The molecule has 0 radical (unpaired) electrons. The molecule has 0 bridgehead atoms. The third-order valence-corrected chi connectivity index (χ3v) is 6.36. The maximum Gasteiger partial charge on any atom is 0.370 e. The lowest BCUT2D eigenvalue weighted by molar-refractivity contribution is -0.147. The van der Waals surface area contributed by atoms with Crippen molar-refractivity contribution in [3.63, 3.8) is 0 Å². The highest BCUT2D eigenvalue weighted by Gasteiger charge is 2.53. The first-order valence-electron chi connectivity index (χ1n) is 11.8. The standard InChI is InChI=1S/C27H18N4O9/c28-30-29-14-37-16-6-8-20-22(12-16)38-21-11-15(36-13-25(34)40-31-23(32)9-10-24(31)33)5-7-19(21)27(20)18-4-2-1-3-17(18)26(35)39-27/h1-12,32-33H,13-14H2. The number of hydrogen-bond donors (Lipinski definition) is 2. The lowest BCUT2D eigenvalue weighted by Crippen LogP contribution is -2.33. The summed E-state index contributed by atoms with van der Waals surface area (Å²) in [4.78, 5) is 32.8. The number of carbonyl (C=O) groups is 2. The summed E-state index contributed by atoms with van der Waals surface area (Å²) < 4.78 is 23.9. The number of fused-ring (bicyclic) bond motifs is 6. The van der Waals surface area contributed by atoms with Gasteiger partial charge < -0.3 is 34.0 Å². The van der Waals surface area contributed by atoms with E-state index in [9.17, 15) is 19.8 Å². The lowest BCUT2D eigenvalue weighted by atomic mass is 9.77. The minimum absolute atomic E-state index is 0.226. The van der Waals surface area contributed by atoms with E-state index in [1.807, 2.05) is 0 Å². The van der Waals surface area contributed by atoms with Gasteiger partial charge in [-0.3, -0.25) is 0 Å². The topological polar surface area (TPSA) is 174 Å². The second-order valence-electron chi connectivity index (χ2n) is 8.63.